The van der Waals surface area contributed by atoms with Crippen molar-refractivity contribution in [3.63, 3.8) is 0 Å². The zero-order valence-corrected chi connectivity index (χ0v) is 11.8. The summed E-state index contributed by atoms with van der Waals surface area (Å²) < 4.78 is 5.72. The van der Waals surface area contributed by atoms with Crippen LogP contribution in [-0.2, 0) is 13.0 Å². The zero-order valence-electron chi connectivity index (χ0n) is 11.0. The molecule has 1 N–H and O–H groups in total. The van der Waals surface area contributed by atoms with Gasteiger partial charge in [-0.05, 0) is 43.2 Å². The first kappa shape index (κ1) is 13.6. The minimum absolute atomic E-state index is 0.251. The van der Waals surface area contributed by atoms with Gasteiger partial charge in [0.1, 0.15) is 12.4 Å². The van der Waals surface area contributed by atoms with Gasteiger partial charge in [-0.25, -0.2) is 4.79 Å². The maximum absolute atomic E-state index is 10.9. The first-order valence-electron chi connectivity index (χ1n) is 6.14. The minimum atomic E-state index is -0.936. The van der Waals surface area contributed by atoms with Gasteiger partial charge in [-0.15, -0.1) is 11.3 Å². The maximum atomic E-state index is 10.9. The molecule has 3 nitrogen and oxygen atoms in total. The van der Waals surface area contributed by atoms with Crippen molar-refractivity contribution in [1.82, 2.24) is 0 Å². The van der Waals surface area contributed by atoms with Crippen molar-refractivity contribution in [3.8, 4) is 5.75 Å². The van der Waals surface area contributed by atoms with Crippen LogP contribution < -0.4 is 4.74 Å². The van der Waals surface area contributed by atoms with Crippen molar-refractivity contribution in [2.75, 3.05) is 0 Å². The first-order chi connectivity index (χ1) is 9.10. The average Bonchev–Trinajstić information content (AvgIpc) is 2.85. The van der Waals surface area contributed by atoms with Crippen molar-refractivity contribution < 1.29 is 14.6 Å². The summed E-state index contributed by atoms with van der Waals surface area (Å²) in [5.41, 5.74) is 1.19. The Bertz CT molecular complexity index is 587. The van der Waals surface area contributed by atoms with Gasteiger partial charge in [0, 0.05) is 9.75 Å². The van der Waals surface area contributed by atoms with Crippen molar-refractivity contribution >= 4 is 17.3 Å². The molecule has 19 heavy (non-hydrogen) atoms. The van der Waals surface area contributed by atoms with Crippen LogP contribution in [0, 0.1) is 6.92 Å². The van der Waals surface area contributed by atoms with Crippen molar-refractivity contribution in [3.05, 3.63) is 51.2 Å². The highest BCUT2D eigenvalue weighted by molar-refractivity contribution is 7.11. The number of carboxylic acid groups (broad SMARTS) is 1. The zero-order chi connectivity index (χ0) is 13.8. The molecule has 1 aromatic carbocycles. The predicted octanol–water partition coefficient (Wildman–Crippen LogP) is 3.90. The Labute approximate surface area is 116 Å². The molecular formula is C15H16O3S. The SMILES string of the molecule is CCc1ccc(COc2cc(C(=O)O)ccc2C)s1. The second kappa shape index (κ2) is 5.89. The van der Waals surface area contributed by atoms with E-state index in [0.29, 0.717) is 12.4 Å². The van der Waals surface area contributed by atoms with E-state index in [4.69, 9.17) is 9.84 Å². The third kappa shape index (κ3) is 3.35. The molecule has 0 aliphatic rings. The van der Waals surface area contributed by atoms with E-state index in [0.717, 1.165) is 16.9 Å². The molecule has 0 saturated carbocycles. The number of benzene rings is 1. The molecular weight excluding hydrogens is 260 g/mol. The second-order valence-corrected chi connectivity index (χ2v) is 5.55. The van der Waals surface area contributed by atoms with E-state index in [1.54, 1.807) is 29.5 Å². The maximum Gasteiger partial charge on any atom is 0.335 e. The number of ether oxygens (including phenoxy) is 1. The molecule has 0 spiro atoms. The number of carbonyl (C=O) groups is 1. The van der Waals surface area contributed by atoms with Gasteiger partial charge in [-0.3, -0.25) is 0 Å². The molecule has 1 heterocycles. The van der Waals surface area contributed by atoms with Crippen LogP contribution in [0.1, 0.15) is 32.6 Å². The first-order valence-corrected chi connectivity index (χ1v) is 6.96. The Morgan fingerprint density at radius 2 is 2.00 bits per heavy atom. The second-order valence-electron chi connectivity index (χ2n) is 4.30. The number of aryl methyl sites for hydroxylation is 2. The van der Waals surface area contributed by atoms with Gasteiger partial charge >= 0.3 is 5.97 Å². The van der Waals surface area contributed by atoms with Gasteiger partial charge in [0.25, 0.3) is 0 Å². The van der Waals surface area contributed by atoms with Crippen molar-refractivity contribution in [1.29, 1.82) is 0 Å². The number of rotatable bonds is 5. The van der Waals surface area contributed by atoms with Crippen molar-refractivity contribution in [2.24, 2.45) is 0 Å². The van der Waals surface area contributed by atoms with Gasteiger partial charge in [-0.1, -0.05) is 13.0 Å². The van der Waals surface area contributed by atoms with Crippen LogP contribution in [0.3, 0.4) is 0 Å². The summed E-state index contributed by atoms with van der Waals surface area (Å²) in [6, 6.07) is 9.09. The van der Waals surface area contributed by atoms with Gasteiger partial charge in [0.15, 0.2) is 0 Å². The highest BCUT2D eigenvalue weighted by Crippen LogP contribution is 2.23. The van der Waals surface area contributed by atoms with Gasteiger partial charge in [0.05, 0.1) is 5.56 Å². The molecule has 0 fully saturated rings. The molecule has 0 aliphatic carbocycles. The Morgan fingerprint density at radius 1 is 1.26 bits per heavy atom. The van der Waals surface area contributed by atoms with Gasteiger partial charge in [0.2, 0.25) is 0 Å². The van der Waals surface area contributed by atoms with Crippen LogP contribution in [0.5, 0.6) is 5.75 Å². The smallest absolute Gasteiger partial charge is 0.335 e. The summed E-state index contributed by atoms with van der Waals surface area (Å²) in [7, 11) is 0. The lowest BCUT2D eigenvalue weighted by Gasteiger charge is -2.08. The third-order valence-corrected chi connectivity index (χ3v) is 4.07. The molecule has 0 bridgehead atoms. The Morgan fingerprint density at radius 3 is 2.63 bits per heavy atom. The molecule has 100 valence electrons. The summed E-state index contributed by atoms with van der Waals surface area (Å²) >= 11 is 1.73. The van der Waals surface area contributed by atoms with E-state index >= 15 is 0 Å². The van der Waals surface area contributed by atoms with Crippen molar-refractivity contribution in [2.45, 2.75) is 26.9 Å². The molecule has 0 saturated heterocycles. The fourth-order valence-electron chi connectivity index (χ4n) is 1.73. The predicted molar refractivity (Wildman–Crippen MR) is 76.2 cm³/mol. The average molecular weight is 276 g/mol. The Kier molecular flexibility index (Phi) is 4.22. The largest absolute Gasteiger partial charge is 0.488 e. The topological polar surface area (TPSA) is 46.5 Å². The fourth-order valence-corrected chi connectivity index (χ4v) is 2.60. The quantitative estimate of drug-likeness (QED) is 0.901. The van der Waals surface area contributed by atoms with E-state index in [9.17, 15) is 4.79 Å². The normalized spacial score (nSPS) is 10.4. The lowest BCUT2D eigenvalue weighted by Crippen LogP contribution is -2.00. The molecule has 0 atom stereocenters. The third-order valence-electron chi connectivity index (χ3n) is 2.87. The minimum Gasteiger partial charge on any atom is -0.488 e. The van der Waals surface area contributed by atoms with Gasteiger partial charge in [-0.2, -0.15) is 0 Å². The van der Waals surface area contributed by atoms with E-state index < -0.39 is 5.97 Å². The lowest BCUT2D eigenvalue weighted by atomic mass is 10.1. The lowest BCUT2D eigenvalue weighted by molar-refractivity contribution is 0.0696. The Hall–Kier alpha value is -1.81. The van der Waals surface area contributed by atoms with Crippen LogP contribution in [0.15, 0.2) is 30.3 Å². The summed E-state index contributed by atoms with van der Waals surface area (Å²) in [4.78, 5) is 13.4. The molecule has 0 amide bonds. The summed E-state index contributed by atoms with van der Waals surface area (Å²) in [6.07, 6.45) is 1.03. The number of aromatic carboxylic acids is 1. The van der Waals surface area contributed by atoms with Crippen LogP contribution in [0.25, 0.3) is 0 Å². The molecule has 4 heteroatoms. The highest BCUT2D eigenvalue weighted by atomic mass is 32.1. The van der Waals surface area contributed by atoms with E-state index in [2.05, 4.69) is 19.1 Å². The van der Waals surface area contributed by atoms with E-state index in [1.165, 1.54) is 4.88 Å². The van der Waals surface area contributed by atoms with Crippen LogP contribution in [0.4, 0.5) is 0 Å². The number of thiophene rings is 1. The molecule has 1 aromatic heterocycles. The monoisotopic (exact) mass is 276 g/mol. The number of carboxylic acids is 1. The number of hydrogen-bond acceptors (Lipinski definition) is 3. The van der Waals surface area contributed by atoms with E-state index in [1.807, 2.05) is 6.92 Å². The molecule has 0 unspecified atom stereocenters. The molecule has 0 radical (unpaired) electrons. The standard InChI is InChI=1S/C15H16O3S/c1-3-12-6-7-13(19-12)9-18-14-8-11(15(16)17)5-4-10(14)2/h4-8H,3,9H2,1-2H3,(H,16,17). The number of hydrogen-bond donors (Lipinski definition) is 1. The van der Waals surface area contributed by atoms with Crippen LogP contribution in [0.2, 0.25) is 0 Å². The highest BCUT2D eigenvalue weighted by Gasteiger charge is 2.08. The van der Waals surface area contributed by atoms with Crippen LogP contribution >= 0.6 is 11.3 Å². The molecule has 2 aromatic rings. The van der Waals surface area contributed by atoms with Gasteiger partial charge < -0.3 is 9.84 Å². The molecule has 2 rings (SSSR count). The summed E-state index contributed by atoms with van der Waals surface area (Å²) in [6.45, 7) is 4.51. The fraction of sp³-hybridized carbons (Fsp3) is 0.267. The summed E-state index contributed by atoms with van der Waals surface area (Å²) in [5.74, 6) is -0.305. The van der Waals surface area contributed by atoms with Crippen LogP contribution in [-0.4, -0.2) is 11.1 Å². The molecule has 0 aliphatic heterocycles. The van der Waals surface area contributed by atoms with E-state index in [-0.39, 0.29) is 5.56 Å². The summed E-state index contributed by atoms with van der Waals surface area (Å²) in [5, 5.41) is 8.97. The Balaban J connectivity index is 2.10.